The van der Waals surface area contributed by atoms with Crippen LogP contribution in [0, 0.1) is 6.92 Å². The molecule has 134 valence electrons. The van der Waals surface area contributed by atoms with Crippen LogP contribution in [0.25, 0.3) is 0 Å². The summed E-state index contributed by atoms with van der Waals surface area (Å²) in [6, 6.07) is 7.51. The molecule has 7 heteroatoms. The minimum absolute atomic E-state index is 0.0616. The van der Waals surface area contributed by atoms with Crippen molar-refractivity contribution in [3.63, 3.8) is 0 Å². The van der Waals surface area contributed by atoms with Crippen LogP contribution in [0.15, 0.2) is 34.9 Å². The topological polar surface area (TPSA) is 46.6 Å². The number of anilines is 2. The van der Waals surface area contributed by atoms with Crippen molar-refractivity contribution in [1.29, 1.82) is 0 Å². The first-order valence-electron chi connectivity index (χ1n) is 8.13. The molecule has 2 aromatic rings. The largest absolute Gasteiger partial charge is 0.489 e. The number of halogens is 2. The zero-order chi connectivity index (χ0) is 17.8. The normalized spacial score (nSPS) is 18.2. The van der Waals surface area contributed by atoms with Crippen molar-refractivity contribution in [2.75, 3.05) is 38.7 Å². The van der Waals surface area contributed by atoms with Gasteiger partial charge in [-0.3, -0.25) is 0 Å². The summed E-state index contributed by atoms with van der Waals surface area (Å²) in [6.45, 7) is 5.04. The highest BCUT2D eigenvalue weighted by atomic mass is 79.9. The lowest BCUT2D eigenvalue weighted by molar-refractivity contribution is -0.0402. The van der Waals surface area contributed by atoms with E-state index in [-0.39, 0.29) is 6.10 Å². The average Bonchev–Trinajstić information content (AvgIpc) is 2.57. The summed E-state index contributed by atoms with van der Waals surface area (Å²) >= 11 is 9.69. The van der Waals surface area contributed by atoms with E-state index in [2.05, 4.69) is 38.2 Å². The number of benzene rings is 1. The number of aryl methyl sites for hydroxylation is 1. The van der Waals surface area contributed by atoms with Crippen LogP contribution < -0.4 is 10.1 Å². The summed E-state index contributed by atoms with van der Waals surface area (Å²) in [5.41, 5.74) is 1.85. The lowest BCUT2D eigenvalue weighted by Gasteiger charge is -2.30. The van der Waals surface area contributed by atoms with Gasteiger partial charge in [-0.05, 0) is 59.7 Å². The highest BCUT2D eigenvalue weighted by molar-refractivity contribution is 9.10. The van der Waals surface area contributed by atoms with Crippen molar-refractivity contribution in [3.05, 3.63) is 45.5 Å². The van der Waals surface area contributed by atoms with Gasteiger partial charge in [-0.15, -0.1) is 0 Å². The lowest BCUT2D eigenvalue weighted by Crippen LogP contribution is -2.42. The van der Waals surface area contributed by atoms with Gasteiger partial charge in [0.25, 0.3) is 0 Å². The minimum Gasteiger partial charge on any atom is -0.489 e. The number of ether oxygens (including phenoxy) is 2. The summed E-state index contributed by atoms with van der Waals surface area (Å²) in [5.74, 6) is 1.43. The van der Waals surface area contributed by atoms with Crippen LogP contribution >= 0.6 is 27.5 Å². The molecule has 1 saturated heterocycles. The summed E-state index contributed by atoms with van der Waals surface area (Å²) in [4.78, 5) is 6.66. The van der Waals surface area contributed by atoms with E-state index < -0.39 is 0 Å². The monoisotopic (exact) mass is 425 g/mol. The molecule has 0 unspecified atom stereocenters. The number of pyridine rings is 1. The number of morpholine rings is 1. The van der Waals surface area contributed by atoms with E-state index >= 15 is 0 Å². The van der Waals surface area contributed by atoms with E-state index in [0.29, 0.717) is 17.4 Å². The molecule has 0 bridgehead atoms. The van der Waals surface area contributed by atoms with Gasteiger partial charge < -0.3 is 19.7 Å². The molecule has 0 saturated carbocycles. The highest BCUT2D eigenvalue weighted by Crippen LogP contribution is 2.33. The fraction of sp³-hybridized carbons (Fsp3) is 0.389. The number of nitrogens with one attached hydrogen (secondary N) is 1. The van der Waals surface area contributed by atoms with Crippen LogP contribution in [0.2, 0.25) is 5.02 Å². The van der Waals surface area contributed by atoms with Crippen LogP contribution in [0.4, 0.5) is 11.5 Å². The number of likely N-dealkylation sites (N-methyl/N-ethyl adjacent to an activating group) is 1. The quantitative estimate of drug-likeness (QED) is 0.774. The smallest absolute Gasteiger partial charge is 0.144 e. The van der Waals surface area contributed by atoms with Gasteiger partial charge in [0.2, 0.25) is 0 Å². The Morgan fingerprint density at radius 1 is 1.44 bits per heavy atom. The van der Waals surface area contributed by atoms with Crippen LogP contribution in [0.5, 0.6) is 5.75 Å². The first-order chi connectivity index (χ1) is 12.0. The molecule has 0 aliphatic carbocycles. The molecule has 0 radical (unpaired) electrons. The van der Waals surface area contributed by atoms with Crippen molar-refractivity contribution >= 4 is 39.0 Å². The standard InChI is InChI=1S/C18H21BrClN3O2/c1-12-7-15(19)18(21-9-12)22-16-8-13(20)3-4-17(16)25-11-14-10-23(2)5-6-24-14/h3-4,7-9,14H,5-6,10-11H2,1-2H3,(H,21,22)/t14-/m0/s1. The van der Waals surface area contributed by atoms with Crippen molar-refractivity contribution in [1.82, 2.24) is 9.88 Å². The molecule has 1 aromatic carbocycles. The van der Waals surface area contributed by atoms with Gasteiger partial charge in [-0.25, -0.2) is 4.98 Å². The maximum absolute atomic E-state index is 6.16. The number of aromatic nitrogens is 1. The summed E-state index contributed by atoms with van der Waals surface area (Å²) in [5, 5.41) is 3.92. The second-order valence-electron chi connectivity index (χ2n) is 6.17. The Balaban J connectivity index is 1.73. The predicted molar refractivity (Wildman–Crippen MR) is 104 cm³/mol. The van der Waals surface area contributed by atoms with Crippen molar-refractivity contribution in [2.45, 2.75) is 13.0 Å². The van der Waals surface area contributed by atoms with E-state index in [1.165, 1.54) is 0 Å². The lowest BCUT2D eigenvalue weighted by atomic mass is 10.2. The van der Waals surface area contributed by atoms with E-state index in [9.17, 15) is 0 Å². The Morgan fingerprint density at radius 3 is 3.04 bits per heavy atom. The van der Waals surface area contributed by atoms with E-state index in [4.69, 9.17) is 21.1 Å². The molecule has 3 rings (SSSR count). The molecule has 1 fully saturated rings. The van der Waals surface area contributed by atoms with Crippen LogP contribution in [0.1, 0.15) is 5.56 Å². The number of nitrogens with zero attached hydrogens (tertiary/aromatic N) is 2. The van der Waals surface area contributed by atoms with Crippen molar-refractivity contribution in [2.24, 2.45) is 0 Å². The highest BCUT2D eigenvalue weighted by Gasteiger charge is 2.19. The average molecular weight is 427 g/mol. The fourth-order valence-corrected chi connectivity index (χ4v) is 3.36. The van der Waals surface area contributed by atoms with Gasteiger partial charge in [-0.2, -0.15) is 0 Å². The fourth-order valence-electron chi connectivity index (χ4n) is 2.63. The maximum atomic E-state index is 6.16. The van der Waals surface area contributed by atoms with Crippen LogP contribution in [-0.4, -0.2) is 49.3 Å². The molecule has 1 atom stereocenters. The third-order valence-corrected chi connectivity index (χ3v) is 4.78. The summed E-state index contributed by atoms with van der Waals surface area (Å²) < 4.78 is 12.6. The van der Waals surface area contributed by atoms with Crippen molar-refractivity contribution < 1.29 is 9.47 Å². The molecule has 1 N–H and O–H groups in total. The Morgan fingerprint density at radius 2 is 2.28 bits per heavy atom. The number of rotatable bonds is 5. The predicted octanol–water partition coefficient (Wildman–Crippen LogP) is 4.26. The van der Waals surface area contributed by atoms with Crippen molar-refractivity contribution in [3.8, 4) is 5.75 Å². The minimum atomic E-state index is 0.0616. The maximum Gasteiger partial charge on any atom is 0.144 e. The molecule has 5 nitrogen and oxygen atoms in total. The van der Waals surface area contributed by atoms with Gasteiger partial charge >= 0.3 is 0 Å². The molecule has 1 aliphatic rings. The van der Waals surface area contributed by atoms with E-state index in [0.717, 1.165) is 41.2 Å². The Bertz CT molecular complexity index is 744. The molecule has 0 spiro atoms. The van der Waals surface area contributed by atoms with E-state index in [1.807, 2.05) is 37.4 Å². The SMILES string of the molecule is Cc1cnc(Nc2cc(Cl)ccc2OC[C@@H]2CN(C)CCO2)c(Br)c1. The van der Waals surface area contributed by atoms with Gasteiger partial charge in [0.15, 0.2) is 0 Å². The molecule has 1 aromatic heterocycles. The van der Waals surface area contributed by atoms with Crippen LogP contribution in [0.3, 0.4) is 0 Å². The van der Waals surface area contributed by atoms with E-state index in [1.54, 1.807) is 0 Å². The Kier molecular flexibility index (Phi) is 6.17. The zero-order valence-electron chi connectivity index (χ0n) is 14.3. The molecule has 2 heterocycles. The van der Waals surface area contributed by atoms with Gasteiger partial charge in [0.05, 0.1) is 16.8 Å². The van der Waals surface area contributed by atoms with Gasteiger partial charge in [0.1, 0.15) is 24.3 Å². The third-order valence-electron chi connectivity index (χ3n) is 3.94. The van der Waals surface area contributed by atoms with Crippen LogP contribution in [-0.2, 0) is 4.74 Å². The molecule has 1 aliphatic heterocycles. The second kappa shape index (κ2) is 8.36. The Hall–Kier alpha value is -1.34. The Labute approximate surface area is 161 Å². The summed E-state index contributed by atoms with van der Waals surface area (Å²) in [7, 11) is 2.09. The first-order valence-corrected chi connectivity index (χ1v) is 9.30. The molecular formula is C18H21BrClN3O2. The zero-order valence-corrected chi connectivity index (χ0v) is 16.6. The van der Waals surface area contributed by atoms with Gasteiger partial charge in [-0.1, -0.05) is 11.6 Å². The third kappa shape index (κ3) is 5.07. The number of hydrogen-bond acceptors (Lipinski definition) is 5. The molecule has 25 heavy (non-hydrogen) atoms. The van der Waals surface area contributed by atoms with Gasteiger partial charge in [0, 0.05) is 24.3 Å². The second-order valence-corrected chi connectivity index (χ2v) is 7.47. The first kappa shape index (κ1) is 18.5. The summed E-state index contributed by atoms with van der Waals surface area (Å²) in [6.07, 6.45) is 1.87. The molecular weight excluding hydrogens is 406 g/mol. The number of hydrogen-bond donors (Lipinski definition) is 1. The molecule has 0 amide bonds.